The Hall–Kier alpha value is -3.10. The molecule has 1 aliphatic heterocycles. The van der Waals surface area contributed by atoms with Crippen molar-refractivity contribution in [2.75, 3.05) is 27.4 Å². The lowest BCUT2D eigenvalue weighted by Gasteiger charge is -2.31. The van der Waals surface area contributed by atoms with E-state index in [1.165, 1.54) is 24.3 Å². The molecular weight excluding hydrogens is 418 g/mol. The third-order valence-corrected chi connectivity index (χ3v) is 5.93. The van der Waals surface area contributed by atoms with Gasteiger partial charge in [0.2, 0.25) is 6.23 Å². The lowest BCUT2D eigenvalue weighted by molar-refractivity contribution is 0.101. The average molecular weight is 442 g/mol. The summed E-state index contributed by atoms with van der Waals surface area (Å²) in [5.41, 5.74) is 1.15. The molecule has 3 heterocycles. The maximum absolute atomic E-state index is 12.6. The number of fused-ring (bicyclic) bond motifs is 3. The Morgan fingerprint density at radius 1 is 1.19 bits per heavy atom. The van der Waals surface area contributed by atoms with Gasteiger partial charge >= 0.3 is 0 Å². The molecule has 0 aliphatic carbocycles. The van der Waals surface area contributed by atoms with Crippen molar-refractivity contribution in [3.63, 3.8) is 0 Å². The standard InChI is InChI=1S/C23H23NO6S/c1-14(25)16-13-24-17(11-18(16)26)15-10-20(28-3)21(29-8-5-7-27-2)12-19(15)30-23(24)22-6-4-9-31-22/h4,6,9-13,23H,5,7-8H2,1-3H3. The van der Waals surface area contributed by atoms with E-state index in [-0.39, 0.29) is 16.8 Å². The smallest absolute Gasteiger partial charge is 0.211 e. The SMILES string of the molecule is COCCCOc1cc2c(cc1OC)-c1cc(=O)c(C(C)=O)cn1C(c1cccs1)O2. The van der Waals surface area contributed by atoms with Gasteiger partial charge in [0.05, 0.1) is 29.9 Å². The Labute approximate surface area is 183 Å². The van der Waals surface area contributed by atoms with Crippen LogP contribution in [0.1, 0.15) is 34.8 Å². The third kappa shape index (κ3) is 4.08. The van der Waals surface area contributed by atoms with Crippen LogP contribution < -0.4 is 19.6 Å². The quantitative estimate of drug-likeness (QED) is 0.386. The molecule has 0 fully saturated rings. The van der Waals surface area contributed by atoms with E-state index >= 15 is 0 Å². The number of methoxy groups -OCH3 is 2. The molecule has 4 rings (SSSR count). The van der Waals surface area contributed by atoms with Crippen LogP contribution in [0, 0.1) is 0 Å². The van der Waals surface area contributed by atoms with Gasteiger partial charge in [-0.15, -0.1) is 11.3 Å². The zero-order chi connectivity index (χ0) is 22.0. The molecule has 1 unspecified atom stereocenters. The summed E-state index contributed by atoms with van der Waals surface area (Å²) >= 11 is 1.54. The molecule has 31 heavy (non-hydrogen) atoms. The minimum atomic E-state index is -0.504. The first-order valence-corrected chi connectivity index (χ1v) is 10.7. The van der Waals surface area contributed by atoms with Crippen molar-refractivity contribution in [1.82, 2.24) is 4.57 Å². The van der Waals surface area contributed by atoms with Crippen molar-refractivity contribution in [2.24, 2.45) is 0 Å². The van der Waals surface area contributed by atoms with Crippen molar-refractivity contribution in [3.05, 3.63) is 62.6 Å². The monoisotopic (exact) mass is 441 g/mol. The van der Waals surface area contributed by atoms with E-state index in [1.54, 1.807) is 32.5 Å². The zero-order valence-corrected chi connectivity index (χ0v) is 18.4. The number of carbonyl (C=O) groups excluding carboxylic acids is 1. The van der Waals surface area contributed by atoms with Gasteiger partial charge in [-0.1, -0.05) is 6.07 Å². The number of Topliss-reactive ketones (excluding diaryl/α,β-unsaturated/α-hetero) is 1. The number of pyridine rings is 1. The van der Waals surface area contributed by atoms with Gasteiger partial charge in [-0.3, -0.25) is 9.59 Å². The van der Waals surface area contributed by atoms with Gasteiger partial charge < -0.3 is 23.5 Å². The second-order valence-electron chi connectivity index (χ2n) is 7.08. The molecule has 162 valence electrons. The largest absolute Gasteiger partial charge is 0.493 e. The highest BCUT2D eigenvalue weighted by Crippen LogP contribution is 2.46. The molecule has 0 radical (unpaired) electrons. The average Bonchev–Trinajstić information content (AvgIpc) is 3.29. The third-order valence-electron chi connectivity index (χ3n) is 5.03. The van der Waals surface area contributed by atoms with Crippen molar-refractivity contribution in [2.45, 2.75) is 19.6 Å². The minimum Gasteiger partial charge on any atom is -0.493 e. The zero-order valence-electron chi connectivity index (χ0n) is 17.5. The lowest BCUT2D eigenvalue weighted by atomic mass is 10.0. The van der Waals surface area contributed by atoms with Gasteiger partial charge in [-0.05, 0) is 24.4 Å². The molecule has 0 spiro atoms. The highest BCUT2D eigenvalue weighted by Gasteiger charge is 2.30. The van der Waals surface area contributed by atoms with E-state index in [0.717, 1.165) is 11.3 Å². The van der Waals surface area contributed by atoms with Crippen LogP contribution in [0.3, 0.4) is 0 Å². The second kappa shape index (κ2) is 8.95. The molecule has 0 N–H and O–H groups in total. The van der Waals surface area contributed by atoms with E-state index in [0.29, 0.717) is 41.7 Å². The number of hydrogen-bond donors (Lipinski definition) is 0. The molecule has 1 aliphatic rings. The molecule has 0 amide bonds. The second-order valence-corrected chi connectivity index (χ2v) is 8.06. The van der Waals surface area contributed by atoms with Gasteiger partial charge in [0.15, 0.2) is 22.7 Å². The molecule has 1 aromatic carbocycles. The molecule has 3 aromatic rings. The summed E-state index contributed by atoms with van der Waals surface area (Å²) < 4.78 is 24.6. The molecule has 1 atom stereocenters. The van der Waals surface area contributed by atoms with E-state index in [2.05, 4.69) is 0 Å². The first-order valence-electron chi connectivity index (χ1n) is 9.84. The molecule has 0 saturated heterocycles. The summed E-state index contributed by atoms with van der Waals surface area (Å²) in [5.74, 6) is 1.38. The Morgan fingerprint density at radius 2 is 2.03 bits per heavy atom. The summed E-state index contributed by atoms with van der Waals surface area (Å²) in [7, 11) is 3.21. The van der Waals surface area contributed by atoms with Crippen LogP contribution >= 0.6 is 11.3 Å². The maximum atomic E-state index is 12.6. The van der Waals surface area contributed by atoms with Crippen LogP contribution in [-0.4, -0.2) is 37.8 Å². The molecule has 0 saturated carbocycles. The Kier molecular flexibility index (Phi) is 6.11. The van der Waals surface area contributed by atoms with Crippen LogP contribution in [-0.2, 0) is 4.74 Å². The highest BCUT2D eigenvalue weighted by atomic mass is 32.1. The fourth-order valence-corrected chi connectivity index (χ4v) is 4.27. The number of nitrogens with zero attached hydrogens (tertiary/aromatic N) is 1. The predicted octanol–water partition coefficient (Wildman–Crippen LogP) is 4.14. The number of ketones is 1. The van der Waals surface area contributed by atoms with E-state index in [9.17, 15) is 9.59 Å². The van der Waals surface area contributed by atoms with Crippen molar-refractivity contribution in [1.29, 1.82) is 0 Å². The molecular formula is C23H23NO6S. The molecule has 2 aromatic heterocycles. The first-order chi connectivity index (χ1) is 15.0. The number of rotatable bonds is 8. The minimum absolute atomic E-state index is 0.127. The Morgan fingerprint density at radius 3 is 2.71 bits per heavy atom. The first kappa shape index (κ1) is 21.1. The predicted molar refractivity (Wildman–Crippen MR) is 118 cm³/mol. The van der Waals surface area contributed by atoms with Crippen molar-refractivity contribution >= 4 is 17.1 Å². The van der Waals surface area contributed by atoms with Gasteiger partial charge in [-0.2, -0.15) is 0 Å². The molecule has 0 bridgehead atoms. The lowest BCUT2D eigenvalue weighted by Crippen LogP contribution is -2.27. The van der Waals surface area contributed by atoms with Crippen LogP contribution in [0.5, 0.6) is 17.2 Å². The number of thiophene rings is 1. The van der Waals surface area contributed by atoms with E-state index < -0.39 is 6.23 Å². The van der Waals surface area contributed by atoms with Gasteiger partial charge in [0.1, 0.15) is 5.75 Å². The normalized spacial score (nSPS) is 14.4. The van der Waals surface area contributed by atoms with Crippen LogP contribution in [0.25, 0.3) is 11.3 Å². The Bertz CT molecular complexity index is 1150. The molecule has 8 heteroatoms. The van der Waals surface area contributed by atoms with E-state index in [1.807, 2.05) is 22.1 Å². The Balaban J connectivity index is 1.84. The number of hydrogen-bond acceptors (Lipinski definition) is 7. The fourth-order valence-electron chi connectivity index (χ4n) is 3.52. The number of ether oxygens (including phenoxy) is 4. The van der Waals surface area contributed by atoms with Crippen molar-refractivity contribution in [3.8, 4) is 28.5 Å². The summed E-state index contributed by atoms with van der Waals surface area (Å²) in [6, 6.07) is 8.96. The topological polar surface area (TPSA) is 76.0 Å². The number of benzene rings is 1. The fraction of sp³-hybridized carbons (Fsp3) is 0.304. The number of aromatic nitrogens is 1. The summed E-state index contributed by atoms with van der Waals surface area (Å²) in [4.78, 5) is 25.6. The summed E-state index contributed by atoms with van der Waals surface area (Å²) in [6.07, 6.45) is 1.81. The summed E-state index contributed by atoms with van der Waals surface area (Å²) in [6.45, 7) is 2.45. The van der Waals surface area contributed by atoms with Crippen LogP contribution in [0.4, 0.5) is 0 Å². The van der Waals surface area contributed by atoms with Crippen molar-refractivity contribution < 1.29 is 23.7 Å². The maximum Gasteiger partial charge on any atom is 0.211 e. The van der Waals surface area contributed by atoms with Gasteiger partial charge in [0.25, 0.3) is 0 Å². The van der Waals surface area contributed by atoms with Gasteiger partial charge in [0, 0.05) is 44.0 Å². The van der Waals surface area contributed by atoms with E-state index in [4.69, 9.17) is 18.9 Å². The highest BCUT2D eigenvalue weighted by molar-refractivity contribution is 7.10. The van der Waals surface area contributed by atoms with Crippen LogP contribution in [0.2, 0.25) is 0 Å². The number of carbonyl (C=O) groups is 1. The molecule has 7 nitrogen and oxygen atoms in total. The van der Waals surface area contributed by atoms with Crippen LogP contribution in [0.15, 0.2) is 46.7 Å². The summed E-state index contributed by atoms with van der Waals surface area (Å²) in [5, 5.41) is 1.96. The van der Waals surface area contributed by atoms with Gasteiger partial charge in [-0.25, -0.2) is 0 Å².